The van der Waals surface area contributed by atoms with Gasteiger partial charge in [0.1, 0.15) is 17.4 Å². The van der Waals surface area contributed by atoms with Gasteiger partial charge in [0.15, 0.2) is 17.3 Å². The predicted molar refractivity (Wildman–Crippen MR) is 118 cm³/mol. The maximum atomic E-state index is 10.6. The number of ether oxygens (including phenoxy) is 2. The van der Waals surface area contributed by atoms with E-state index in [1.807, 2.05) is 42.5 Å². The van der Waals surface area contributed by atoms with Crippen LogP contribution < -0.4 is 14.8 Å². The number of halogens is 1. The molecule has 0 spiro atoms. The third kappa shape index (κ3) is 3.30. The summed E-state index contributed by atoms with van der Waals surface area (Å²) in [6.45, 7) is 3.88. The van der Waals surface area contributed by atoms with Crippen molar-refractivity contribution in [1.29, 1.82) is 0 Å². The molecule has 8 heteroatoms. The standard InChI is InChI=1S/C22H23ClN4O3/c1-5-17(28)22-24-11-16-21(26-20-12(2)7-6-8-13(20)23)25-14-9-18(29-3)19(30-4)10-15(14)27(16)22/h6-11,17,28H,5H2,1-4H3,(H,25,26). The van der Waals surface area contributed by atoms with Crippen LogP contribution in [0.25, 0.3) is 16.6 Å². The maximum Gasteiger partial charge on any atom is 0.163 e. The van der Waals surface area contributed by atoms with E-state index in [2.05, 4.69) is 10.3 Å². The van der Waals surface area contributed by atoms with Crippen LogP contribution in [0.5, 0.6) is 11.5 Å². The number of fused-ring (bicyclic) bond motifs is 3. The Morgan fingerprint density at radius 1 is 1.17 bits per heavy atom. The van der Waals surface area contributed by atoms with E-state index >= 15 is 0 Å². The lowest BCUT2D eigenvalue weighted by atomic mass is 10.2. The summed E-state index contributed by atoms with van der Waals surface area (Å²) in [6.07, 6.45) is 1.51. The number of nitrogens with zero attached hydrogens (tertiary/aromatic N) is 3. The van der Waals surface area contributed by atoms with Gasteiger partial charge >= 0.3 is 0 Å². The summed E-state index contributed by atoms with van der Waals surface area (Å²) in [4.78, 5) is 9.30. The molecule has 0 aliphatic rings. The number of hydrogen-bond donors (Lipinski definition) is 2. The average molecular weight is 427 g/mol. The lowest BCUT2D eigenvalue weighted by molar-refractivity contribution is 0.163. The highest BCUT2D eigenvalue weighted by atomic mass is 35.5. The van der Waals surface area contributed by atoms with Crippen molar-refractivity contribution in [2.75, 3.05) is 19.5 Å². The molecule has 7 nitrogen and oxygen atoms in total. The second-order valence-corrected chi connectivity index (χ2v) is 7.38. The minimum atomic E-state index is -0.721. The van der Waals surface area contributed by atoms with Crippen LogP contribution in [0.4, 0.5) is 11.5 Å². The van der Waals surface area contributed by atoms with E-state index in [9.17, 15) is 5.11 Å². The molecular formula is C22H23ClN4O3. The molecule has 2 N–H and O–H groups in total. The van der Waals surface area contributed by atoms with Crippen LogP contribution in [0.1, 0.15) is 30.8 Å². The van der Waals surface area contributed by atoms with E-state index in [1.54, 1.807) is 26.5 Å². The van der Waals surface area contributed by atoms with Gasteiger partial charge in [-0.1, -0.05) is 30.7 Å². The summed E-state index contributed by atoms with van der Waals surface area (Å²) >= 11 is 6.42. The highest BCUT2D eigenvalue weighted by molar-refractivity contribution is 6.33. The monoisotopic (exact) mass is 426 g/mol. The summed E-state index contributed by atoms with van der Waals surface area (Å²) in [5.74, 6) is 2.25. The van der Waals surface area contributed by atoms with Crippen molar-refractivity contribution in [2.24, 2.45) is 0 Å². The Morgan fingerprint density at radius 3 is 2.57 bits per heavy atom. The zero-order valence-electron chi connectivity index (χ0n) is 17.2. The van der Waals surface area contributed by atoms with E-state index in [0.717, 1.165) is 22.3 Å². The molecule has 4 aromatic rings. The fraction of sp³-hybridized carbons (Fsp3) is 0.273. The van der Waals surface area contributed by atoms with Crippen molar-refractivity contribution in [3.63, 3.8) is 0 Å². The second kappa shape index (κ2) is 8.01. The quantitative estimate of drug-likeness (QED) is 0.449. The van der Waals surface area contributed by atoms with Crippen molar-refractivity contribution in [2.45, 2.75) is 26.4 Å². The summed E-state index contributed by atoms with van der Waals surface area (Å²) in [7, 11) is 3.16. The topological polar surface area (TPSA) is 80.9 Å². The number of imidazole rings is 1. The van der Waals surface area contributed by atoms with Gasteiger partial charge in [-0.05, 0) is 25.0 Å². The molecule has 156 valence electrons. The average Bonchev–Trinajstić information content (AvgIpc) is 3.20. The molecule has 1 atom stereocenters. The van der Waals surface area contributed by atoms with Crippen LogP contribution in [-0.2, 0) is 0 Å². The highest BCUT2D eigenvalue weighted by Crippen LogP contribution is 2.36. The molecular weight excluding hydrogens is 404 g/mol. The Kier molecular flexibility index (Phi) is 5.40. The summed E-state index contributed by atoms with van der Waals surface area (Å²) in [5, 5.41) is 14.5. The third-order valence-electron chi connectivity index (χ3n) is 5.14. The fourth-order valence-corrected chi connectivity index (χ4v) is 3.78. The Bertz CT molecular complexity index is 1220. The number of aryl methyl sites for hydroxylation is 1. The van der Waals surface area contributed by atoms with Gasteiger partial charge in [-0.15, -0.1) is 0 Å². The number of aliphatic hydroxyl groups excluding tert-OH is 1. The minimum Gasteiger partial charge on any atom is -0.493 e. The van der Waals surface area contributed by atoms with E-state index in [-0.39, 0.29) is 0 Å². The van der Waals surface area contributed by atoms with E-state index in [4.69, 9.17) is 26.1 Å². The largest absolute Gasteiger partial charge is 0.493 e. The summed E-state index contributed by atoms with van der Waals surface area (Å²) in [6, 6.07) is 9.35. The molecule has 0 aliphatic heterocycles. The SMILES string of the molecule is CCC(O)c1ncc2c(Nc3c(C)cccc3Cl)nc3cc(OC)c(OC)cc3n12. The van der Waals surface area contributed by atoms with Crippen molar-refractivity contribution in [1.82, 2.24) is 14.4 Å². The van der Waals surface area contributed by atoms with Crippen molar-refractivity contribution >= 4 is 39.7 Å². The van der Waals surface area contributed by atoms with Crippen LogP contribution in [0.3, 0.4) is 0 Å². The summed E-state index contributed by atoms with van der Waals surface area (Å²) in [5.41, 5.74) is 3.89. The first-order valence-electron chi connectivity index (χ1n) is 9.61. The normalized spacial score (nSPS) is 12.3. The predicted octanol–water partition coefficient (Wildman–Crippen LogP) is 5.05. The van der Waals surface area contributed by atoms with Crippen LogP contribution in [-0.4, -0.2) is 33.7 Å². The molecule has 0 aliphatic carbocycles. The molecule has 2 aromatic heterocycles. The Hall–Kier alpha value is -3.03. The number of anilines is 2. The van der Waals surface area contributed by atoms with E-state index < -0.39 is 6.10 Å². The zero-order valence-corrected chi connectivity index (χ0v) is 18.0. The number of benzene rings is 2. The minimum absolute atomic E-state index is 0.530. The maximum absolute atomic E-state index is 10.6. The molecule has 0 radical (unpaired) electrons. The zero-order chi connectivity index (χ0) is 21.4. The number of nitrogens with one attached hydrogen (secondary N) is 1. The Balaban J connectivity index is 2.04. The van der Waals surface area contributed by atoms with Gasteiger partial charge in [-0.3, -0.25) is 4.40 Å². The summed E-state index contributed by atoms with van der Waals surface area (Å²) < 4.78 is 12.8. The number of para-hydroxylation sites is 1. The van der Waals surface area contributed by atoms with Crippen molar-refractivity contribution in [3.8, 4) is 11.5 Å². The van der Waals surface area contributed by atoms with Gasteiger partial charge in [0, 0.05) is 12.1 Å². The first kappa shape index (κ1) is 20.3. The third-order valence-corrected chi connectivity index (χ3v) is 5.45. The molecule has 0 fully saturated rings. The lowest BCUT2D eigenvalue weighted by Crippen LogP contribution is -2.07. The number of rotatable bonds is 6. The van der Waals surface area contributed by atoms with Crippen LogP contribution >= 0.6 is 11.6 Å². The molecule has 0 saturated heterocycles. The Labute approximate surface area is 179 Å². The molecule has 0 bridgehead atoms. The smallest absolute Gasteiger partial charge is 0.163 e. The molecule has 4 rings (SSSR count). The number of methoxy groups -OCH3 is 2. The van der Waals surface area contributed by atoms with E-state index in [0.29, 0.717) is 40.1 Å². The van der Waals surface area contributed by atoms with Gasteiger partial charge in [0.05, 0.1) is 42.2 Å². The first-order chi connectivity index (χ1) is 14.5. The molecule has 30 heavy (non-hydrogen) atoms. The first-order valence-corrected chi connectivity index (χ1v) is 9.99. The molecule has 2 aromatic carbocycles. The van der Waals surface area contributed by atoms with Crippen molar-refractivity contribution in [3.05, 3.63) is 52.9 Å². The Morgan fingerprint density at radius 2 is 1.90 bits per heavy atom. The van der Waals surface area contributed by atoms with Gasteiger partial charge in [-0.2, -0.15) is 0 Å². The molecule has 0 amide bonds. The fourth-order valence-electron chi connectivity index (χ4n) is 3.51. The second-order valence-electron chi connectivity index (χ2n) is 6.97. The van der Waals surface area contributed by atoms with Crippen LogP contribution in [0.15, 0.2) is 36.5 Å². The highest BCUT2D eigenvalue weighted by Gasteiger charge is 2.20. The molecule has 1 unspecified atom stereocenters. The number of aromatic nitrogens is 3. The number of aliphatic hydroxyl groups is 1. The molecule has 0 saturated carbocycles. The lowest BCUT2D eigenvalue weighted by Gasteiger charge is -2.16. The molecule has 2 heterocycles. The van der Waals surface area contributed by atoms with Crippen LogP contribution in [0.2, 0.25) is 5.02 Å². The van der Waals surface area contributed by atoms with Gasteiger partial charge in [-0.25, -0.2) is 9.97 Å². The van der Waals surface area contributed by atoms with E-state index in [1.165, 1.54) is 0 Å². The van der Waals surface area contributed by atoms with Gasteiger partial charge < -0.3 is 19.9 Å². The van der Waals surface area contributed by atoms with Crippen molar-refractivity contribution < 1.29 is 14.6 Å². The van der Waals surface area contributed by atoms with Gasteiger partial charge in [0.2, 0.25) is 0 Å². The van der Waals surface area contributed by atoms with Gasteiger partial charge in [0.25, 0.3) is 0 Å². The number of hydrogen-bond acceptors (Lipinski definition) is 6. The van der Waals surface area contributed by atoms with Crippen LogP contribution in [0, 0.1) is 6.92 Å².